The van der Waals surface area contributed by atoms with Crippen molar-refractivity contribution in [3.8, 4) is 0 Å². The van der Waals surface area contributed by atoms with Gasteiger partial charge >= 0.3 is 0 Å². The van der Waals surface area contributed by atoms with E-state index in [1.165, 1.54) is 24.8 Å². The summed E-state index contributed by atoms with van der Waals surface area (Å²) in [5.74, 6) is 0. The van der Waals surface area contributed by atoms with Gasteiger partial charge in [-0.1, -0.05) is 55.5 Å². The maximum Gasteiger partial charge on any atom is 0.0872 e. The van der Waals surface area contributed by atoms with Crippen molar-refractivity contribution in [3.05, 3.63) is 33.8 Å². The van der Waals surface area contributed by atoms with Crippen LogP contribution in [-0.4, -0.2) is 19.3 Å². The fourth-order valence-corrected chi connectivity index (χ4v) is 3.66. The molecule has 1 fully saturated rings. The normalized spacial score (nSPS) is 19.4. The van der Waals surface area contributed by atoms with Crippen LogP contribution in [0.25, 0.3) is 0 Å². The number of rotatable bonds is 6. The predicted octanol–water partition coefficient (Wildman–Crippen LogP) is 5.38. The number of nitrogens with one attached hydrogen (secondary N) is 1. The van der Waals surface area contributed by atoms with Gasteiger partial charge in [0.05, 0.1) is 21.7 Å². The summed E-state index contributed by atoms with van der Waals surface area (Å²) >= 11 is 12.3. The molecule has 1 aliphatic rings. The van der Waals surface area contributed by atoms with Crippen molar-refractivity contribution >= 4 is 23.2 Å². The molecule has 0 saturated heterocycles. The number of halogens is 2. The predicted molar refractivity (Wildman–Crippen MR) is 90.3 cm³/mol. The van der Waals surface area contributed by atoms with Crippen molar-refractivity contribution in [2.75, 3.05) is 13.7 Å². The van der Waals surface area contributed by atoms with E-state index in [4.69, 9.17) is 27.9 Å². The van der Waals surface area contributed by atoms with Crippen LogP contribution < -0.4 is 5.32 Å². The standard InChI is InChI=1S/C17H25Cl2NO/c1-3-11-20-16(13-7-8-14(18)15(19)12-13)17(21-2)9-5-4-6-10-17/h7-8,12,16,20H,3-6,9-11H2,1-2H3. The Labute approximate surface area is 138 Å². The molecule has 0 spiro atoms. The molecule has 1 saturated carbocycles. The first kappa shape index (κ1) is 17.1. The van der Waals surface area contributed by atoms with Crippen molar-refractivity contribution in [1.29, 1.82) is 0 Å². The first-order valence-electron chi connectivity index (χ1n) is 7.86. The Bertz CT molecular complexity index is 458. The molecular formula is C17H25Cl2NO. The quantitative estimate of drug-likeness (QED) is 0.756. The van der Waals surface area contributed by atoms with E-state index in [1.54, 1.807) is 0 Å². The van der Waals surface area contributed by atoms with E-state index in [2.05, 4.69) is 18.3 Å². The molecule has 2 rings (SSSR count). The molecule has 0 aliphatic heterocycles. The molecule has 2 nitrogen and oxygen atoms in total. The molecule has 1 aromatic rings. The summed E-state index contributed by atoms with van der Waals surface area (Å²) in [4.78, 5) is 0. The lowest BCUT2D eigenvalue weighted by Crippen LogP contribution is -2.47. The largest absolute Gasteiger partial charge is 0.376 e. The maximum absolute atomic E-state index is 6.22. The van der Waals surface area contributed by atoms with E-state index in [9.17, 15) is 0 Å². The van der Waals surface area contributed by atoms with E-state index in [-0.39, 0.29) is 11.6 Å². The summed E-state index contributed by atoms with van der Waals surface area (Å²) in [7, 11) is 1.84. The molecular weight excluding hydrogens is 305 g/mol. The van der Waals surface area contributed by atoms with Gasteiger partial charge in [0.2, 0.25) is 0 Å². The fraction of sp³-hybridized carbons (Fsp3) is 0.647. The van der Waals surface area contributed by atoms with Gasteiger partial charge in [0.1, 0.15) is 0 Å². The highest BCUT2D eigenvalue weighted by atomic mass is 35.5. The SMILES string of the molecule is CCCNC(c1ccc(Cl)c(Cl)c1)C1(OC)CCCCC1. The Morgan fingerprint density at radius 1 is 1.19 bits per heavy atom. The van der Waals surface area contributed by atoms with Crippen molar-refractivity contribution < 1.29 is 4.74 Å². The lowest BCUT2D eigenvalue weighted by Gasteiger charge is -2.43. The Kier molecular flexibility index (Phi) is 6.36. The Hall–Kier alpha value is -0.280. The third kappa shape index (κ3) is 3.92. The van der Waals surface area contributed by atoms with Crippen LogP contribution in [-0.2, 0) is 4.74 Å². The maximum atomic E-state index is 6.22. The van der Waals surface area contributed by atoms with Crippen LogP contribution in [0.1, 0.15) is 57.1 Å². The molecule has 21 heavy (non-hydrogen) atoms. The molecule has 1 N–H and O–H groups in total. The molecule has 0 aromatic heterocycles. The molecule has 118 valence electrons. The summed E-state index contributed by atoms with van der Waals surface area (Å²) in [6.45, 7) is 3.15. The van der Waals surface area contributed by atoms with E-state index >= 15 is 0 Å². The molecule has 0 heterocycles. The highest BCUT2D eigenvalue weighted by molar-refractivity contribution is 6.42. The molecule has 4 heteroatoms. The summed E-state index contributed by atoms with van der Waals surface area (Å²) in [6.07, 6.45) is 7.01. The second-order valence-electron chi connectivity index (χ2n) is 5.89. The lowest BCUT2D eigenvalue weighted by atomic mass is 9.76. The summed E-state index contributed by atoms with van der Waals surface area (Å²) in [6, 6.07) is 6.09. The highest BCUT2D eigenvalue weighted by Crippen LogP contribution is 2.42. The van der Waals surface area contributed by atoms with Gasteiger partial charge < -0.3 is 10.1 Å². The van der Waals surface area contributed by atoms with Crippen molar-refractivity contribution in [3.63, 3.8) is 0 Å². The summed E-state index contributed by atoms with van der Waals surface area (Å²) in [5.41, 5.74) is 1.03. The highest BCUT2D eigenvalue weighted by Gasteiger charge is 2.40. The molecule has 0 bridgehead atoms. The number of hydrogen-bond acceptors (Lipinski definition) is 2. The van der Waals surface area contributed by atoms with E-state index in [1.807, 2.05) is 19.2 Å². The van der Waals surface area contributed by atoms with Crippen LogP contribution >= 0.6 is 23.2 Å². The minimum Gasteiger partial charge on any atom is -0.376 e. The van der Waals surface area contributed by atoms with Crippen LogP contribution in [0.5, 0.6) is 0 Å². The minimum absolute atomic E-state index is 0.134. The smallest absolute Gasteiger partial charge is 0.0872 e. The fourth-order valence-electron chi connectivity index (χ4n) is 3.35. The third-order valence-corrected chi connectivity index (χ3v) is 5.25. The first-order chi connectivity index (χ1) is 10.1. The minimum atomic E-state index is -0.134. The van der Waals surface area contributed by atoms with Gasteiger partial charge in [0, 0.05) is 7.11 Å². The summed E-state index contributed by atoms with van der Waals surface area (Å²) < 4.78 is 6.02. The van der Waals surface area contributed by atoms with Gasteiger partial charge in [-0.2, -0.15) is 0 Å². The molecule has 0 amide bonds. The zero-order valence-electron chi connectivity index (χ0n) is 12.9. The number of hydrogen-bond donors (Lipinski definition) is 1. The Balaban J connectivity index is 2.33. The van der Waals surface area contributed by atoms with Crippen LogP contribution in [0.3, 0.4) is 0 Å². The summed E-state index contributed by atoms with van der Waals surface area (Å²) in [5, 5.41) is 4.88. The molecule has 1 atom stereocenters. The van der Waals surface area contributed by atoms with E-state index < -0.39 is 0 Å². The number of ether oxygens (including phenoxy) is 1. The van der Waals surface area contributed by atoms with Gasteiger partial charge in [-0.3, -0.25) is 0 Å². The van der Waals surface area contributed by atoms with Gasteiger partial charge in [-0.25, -0.2) is 0 Å². The van der Waals surface area contributed by atoms with Crippen LogP contribution in [0.15, 0.2) is 18.2 Å². The average Bonchev–Trinajstić information content (AvgIpc) is 2.52. The Morgan fingerprint density at radius 2 is 1.90 bits per heavy atom. The van der Waals surface area contributed by atoms with Crippen LogP contribution in [0, 0.1) is 0 Å². The van der Waals surface area contributed by atoms with Gasteiger partial charge in [0.15, 0.2) is 0 Å². The van der Waals surface area contributed by atoms with Crippen molar-refractivity contribution in [2.45, 2.75) is 57.1 Å². The van der Waals surface area contributed by atoms with Gasteiger partial charge in [-0.05, 0) is 43.5 Å². The zero-order chi connectivity index (χ0) is 15.3. The molecule has 0 radical (unpaired) electrons. The van der Waals surface area contributed by atoms with Gasteiger partial charge in [0.25, 0.3) is 0 Å². The number of methoxy groups -OCH3 is 1. The molecule has 1 aromatic carbocycles. The topological polar surface area (TPSA) is 21.3 Å². The molecule has 1 aliphatic carbocycles. The third-order valence-electron chi connectivity index (χ3n) is 4.51. The van der Waals surface area contributed by atoms with Crippen molar-refractivity contribution in [1.82, 2.24) is 5.32 Å². The second kappa shape index (κ2) is 7.82. The molecule has 1 unspecified atom stereocenters. The average molecular weight is 330 g/mol. The second-order valence-corrected chi connectivity index (χ2v) is 6.70. The Morgan fingerprint density at radius 3 is 2.48 bits per heavy atom. The van der Waals surface area contributed by atoms with E-state index in [0.29, 0.717) is 10.0 Å². The van der Waals surface area contributed by atoms with Crippen molar-refractivity contribution in [2.24, 2.45) is 0 Å². The van der Waals surface area contributed by atoms with Gasteiger partial charge in [-0.15, -0.1) is 0 Å². The number of benzene rings is 1. The first-order valence-corrected chi connectivity index (χ1v) is 8.62. The lowest BCUT2D eigenvalue weighted by molar-refractivity contribution is -0.0687. The van der Waals surface area contributed by atoms with Crippen LogP contribution in [0.4, 0.5) is 0 Å². The zero-order valence-corrected chi connectivity index (χ0v) is 14.4. The monoisotopic (exact) mass is 329 g/mol. The van der Waals surface area contributed by atoms with E-state index in [0.717, 1.165) is 25.8 Å². The van der Waals surface area contributed by atoms with Crippen LogP contribution in [0.2, 0.25) is 10.0 Å².